The van der Waals surface area contributed by atoms with E-state index in [1.807, 2.05) is 31.2 Å². The smallest absolute Gasteiger partial charge is 0.269 e. The van der Waals surface area contributed by atoms with Gasteiger partial charge in [0.25, 0.3) is 11.5 Å². The van der Waals surface area contributed by atoms with Crippen molar-refractivity contribution in [3.63, 3.8) is 0 Å². The van der Waals surface area contributed by atoms with E-state index < -0.39 is 0 Å². The Balaban J connectivity index is 1.54. The minimum Gasteiger partial charge on any atom is -0.438 e. The maximum atomic E-state index is 13.3. The Morgan fingerprint density at radius 2 is 2.06 bits per heavy atom. The molecule has 4 heterocycles. The number of carbonyl (C=O) groups excluding carboxylic acids is 1. The van der Waals surface area contributed by atoms with Crippen molar-refractivity contribution in [3.05, 3.63) is 75.0 Å². The van der Waals surface area contributed by atoms with Crippen LogP contribution in [0.1, 0.15) is 24.0 Å². The van der Waals surface area contributed by atoms with Gasteiger partial charge in [-0.2, -0.15) is 4.98 Å². The van der Waals surface area contributed by atoms with Crippen molar-refractivity contribution in [2.75, 3.05) is 13.2 Å². The van der Waals surface area contributed by atoms with Crippen LogP contribution < -0.4 is 10.3 Å². The molecule has 0 saturated carbocycles. The number of nitrogens with zero attached hydrogens (tertiary/aromatic N) is 3. The zero-order valence-corrected chi connectivity index (χ0v) is 19.5. The van der Waals surface area contributed by atoms with Crippen LogP contribution in [0.25, 0.3) is 11.7 Å². The molecule has 2 fully saturated rings. The van der Waals surface area contributed by atoms with E-state index in [4.69, 9.17) is 21.7 Å². The van der Waals surface area contributed by atoms with Crippen LogP contribution in [0, 0.1) is 6.92 Å². The Morgan fingerprint density at radius 1 is 1.24 bits per heavy atom. The number of rotatable bonds is 5. The first-order chi connectivity index (χ1) is 16.0. The third-order valence-electron chi connectivity index (χ3n) is 5.53. The largest absolute Gasteiger partial charge is 0.438 e. The molecule has 1 atom stereocenters. The van der Waals surface area contributed by atoms with Crippen LogP contribution in [-0.4, -0.2) is 43.8 Å². The summed E-state index contributed by atoms with van der Waals surface area (Å²) in [6, 6.07) is 12.7. The summed E-state index contributed by atoms with van der Waals surface area (Å²) in [4.78, 5) is 32.9. The lowest BCUT2D eigenvalue weighted by atomic mass is 10.2. The number of hydrogen-bond acceptors (Lipinski definition) is 7. The summed E-state index contributed by atoms with van der Waals surface area (Å²) in [5.74, 6) is 0.451. The summed E-state index contributed by atoms with van der Waals surface area (Å²) in [5, 5.41) is 0. The molecule has 5 rings (SSSR count). The Morgan fingerprint density at radius 3 is 2.82 bits per heavy atom. The fraction of sp³-hybridized carbons (Fsp3) is 0.250. The molecule has 1 unspecified atom stereocenters. The van der Waals surface area contributed by atoms with Gasteiger partial charge < -0.3 is 9.47 Å². The molecule has 9 heteroatoms. The standard InChI is InChI=1S/C24H21N3O4S2/c1-15-7-9-16(10-8-15)31-21-18(22(28)26-11-3-2-6-20(26)25-21)13-19-23(29)27(24(32)33-19)14-17-5-4-12-30-17/h2-3,6-11,13,17H,4-5,12,14H2,1H3/b19-13+. The van der Waals surface area contributed by atoms with Crippen molar-refractivity contribution in [3.8, 4) is 11.6 Å². The fourth-order valence-corrected chi connectivity index (χ4v) is 5.04. The minimum absolute atomic E-state index is 0.0137. The van der Waals surface area contributed by atoms with Gasteiger partial charge in [0.1, 0.15) is 21.3 Å². The van der Waals surface area contributed by atoms with Gasteiger partial charge in [0.15, 0.2) is 0 Å². The number of aromatic nitrogens is 2. The van der Waals surface area contributed by atoms with E-state index in [1.54, 1.807) is 29.3 Å². The molecule has 2 saturated heterocycles. The molecule has 1 aromatic carbocycles. The molecular formula is C24H21N3O4S2. The lowest BCUT2D eigenvalue weighted by Crippen LogP contribution is -2.35. The fourth-order valence-electron chi connectivity index (χ4n) is 3.78. The van der Waals surface area contributed by atoms with Crippen LogP contribution in [-0.2, 0) is 9.53 Å². The maximum absolute atomic E-state index is 13.3. The summed E-state index contributed by atoms with van der Waals surface area (Å²) in [6.45, 7) is 3.10. The van der Waals surface area contributed by atoms with Gasteiger partial charge in [-0.1, -0.05) is 47.7 Å². The van der Waals surface area contributed by atoms with Gasteiger partial charge in [0, 0.05) is 12.8 Å². The SMILES string of the molecule is Cc1ccc(Oc2nc3ccccn3c(=O)c2/C=C2/SC(=S)N(CC3CCCO3)C2=O)cc1. The monoisotopic (exact) mass is 479 g/mol. The van der Waals surface area contributed by atoms with Gasteiger partial charge in [-0.25, -0.2) is 0 Å². The van der Waals surface area contributed by atoms with Crippen LogP contribution in [0.5, 0.6) is 11.6 Å². The van der Waals surface area contributed by atoms with Crippen LogP contribution >= 0.6 is 24.0 Å². The Hall–Kier alpha value is -3.01. The van der Waals surface area contributed by atoms with Crippen molar-refractivity contribution in [1.82, 2.24) is 14.3 Å². The molecule has 0 radical (unpaired) electrons. The van der Waals surface area contributed by atoms with Crippen LogP contribution in [0.2, 0.25) is 0 Å². The van der Waals surface area contributed by atoms with E-state index in [1.165, 1.54) is 22.2 Å². The molecule has 2 aromatic heterocycles. The topological polar surface area (TPSA) is 73.1 Å². The lowest BCUT2D eigenvalue weighted by Gasteiger charge is -2.18. The van der Waals surface area contributed by atoms with Gasteiger partial charge in [0.2, 0.25) is 5.88 Å². The number of hydrogen-bond donors (Lipinski definition) is 0. The first-order valence-corrected chi connectivity index (χ1v) is 11.8. The van der Waals surface area contributed by atoms with Gasteiger partial charge in [0.05, 0.1) is 17.6 Å². The molecule has 33 heavy (non-hydrogen) atoms. The number of thioether (sulfide) groups is 1. The van der Waals surface area contributed by atoms with Crippen LogP contribution in [0.15, 0.2) is 58.4 Å². The number of ether oxygens (including phenoxy) is 2. The second kappa shape index (κ2) is 9.09. The molecule has 168 valence electrons. The van der Waals surface area contributed by atoms with Gasteiger partial charge in [-0.15, -0.1) is 0 Å². The molecule has 3 aromatic rings. The number of amides is 1. The van der Waals surface area contributed by atoms with Crippen molar-refractivity contribution in [2.45, 2.75) is 25.9 Å². The van der Waals surface area contributed by atoms with E-state index >= 15 is 0 Å². The molecule has 0 bridgehead atoms. The molecule has 1 amide bonds. The van der Waals surface area contributed by atoms with Gasteiger partial charge in [-0.3, -0.25) is 18.9 Å². The maximum Gasteiger partial charge on any atom is 0.269 e. The van der Waals surface area contributed by atoms with E-state index in [2.05, 4.69) is 4.98 Å². The van der Waals surface area contributed by atoms with Gasteiger partial charge >= 0.3 is 0 Å². The highest BCUT2D eigenvalue weighted by atomic mass is 32.2. The predicted octanol–water partition coefficient (Wildman–Crippen LogP) is 4.18. The summed E-state index contributed by atoms with van der Waals surface area (Å²) >= 11 is 6.62. The van der Waals surface area contributed by atoms with Crippen molar-refractivity contribution < 1.29 is 14.3 Å². The van der Waals surface area contributed by atoms with E-state index in [-0.39, 0.29) is 29.0 Å². The third-order valence-corrected chi connectivity index (χ3v) is 6.91. The normalized spacial score (nSPS) is 19.7. The van der Waals surface area contributed by atoms with Crippen LogP contribution in [0.4, 0.5) is 0 Å². The first-order valence-electron chi connectivity index (χ1n) is 10.6. The molecular weight excluding hydrogens is 458 g/mol. The third kappa shape index (κ3) is 4.44. The predicted molar refractivity (Wildman–Crippen MR) is 132 cm³/mol. The lowest BCUT2D eigenvalue weighted by molar-refractivity contribution is -0.123. The summed E-state index contributed by atoms with van der Waals surface area (Å²) < 4.78 is 13.6. The quantitative estimate of drug-likeness (QED) is 0.402. The Labute approximate surface area is 200 Å². The molecule has 2 aliphatic heterocycles. The molecule has 0 N–H and O–H groups in total. The average Bonchev–Trinajstić information content (AvgIpc) is 3.42. The molecule has 7 nitrogen and oxygen atoms in total. The van der Waals surface area contributed by atoms with Crippen molar-refractivity contribution in [2.24, 2.45) is 0 Å². The summed E-state index contributed by atoms with van der Waals surface area (Å²) in [5.41, 5.74) is 1.40. The van der Waals surface area contributed by atoms with E-state index in [0.717, 1.165) is 18.4 Å². The number of carbonyl (C=O) groups is 1. The number of pyridine rings is 1. The first kappa shape index (κ1) is 21.8. The van der Waals surface area contributed by atoms with E-state index in [9.17, 15) is 9.59 Å². The Kier molecular flexibility index (Phi) is 6.01. The van der Waals surface area contributed by atoms with Crippen molar-refractivity contribution >= 4 is 45.9 Å². The average molecular weight is 480 g/mol. The van der Waals surface area contributed by atoms with Gasteiger partial charge in [-0.05, 0) is 50.1 Å². The van der Waals surface area contributed by atoms with E-state index in [0.29, 0.717) is 33.8 Å². The number of aryl methyl sites for hydroxylation is 1. The molecule has 0 aliphatic carbocycles. The second-order valence-electron chi connectivity index (χ2n) is 7.91. The number of thiocarbonyl (C=S) groups is 1. The van der Waals surface area contributed by atoms with Crippen molar-refractivity contribution in [1.29, 1.82) is 0 Å². The van der Waals surface area contributed by atoms with Crippen LogP contribution in [0.3, 0.4) is 0 Å². The number of fused-ring (bicyclic) bond motifs is 1. The molecule has 2 aliphatic rings. The highest BCUT2D eigenvalue weighted by molar-refractivity contribution is 8.26. The Bertz CT molecular complexity index is 1330. The highest BCUT2D eigenvalue weighted by Crippen LogP contribution is 2.35. The second-order valence-corrected chi connectivity index (χ2v) is 9.58. The zero-order chi connectivity index (χ0) is 22.9. The summed E-state index contributed by atoms with van der Waals surface area (Å²) in [7, 11) is 0. The highest BCUT2D eigenvalue weighted by Gasteiger charge is 2.35. The number of benzene rings is 1. The molecule has 0 spiro atoms. The zero-order valence-electron chi connectivity index (χ0n) is 17.9. The summed E-state index contributed by atoms with van der Waals surface area (Å²) in [6.07, 6.45) is 5.04. The minimum atomic E-state index is -0.327.